The van der Waals surface area contributed by atoms with Crippen LogP contribution < -0.4 is 10.1 Å². The Kier molecular flexibility index (Phi) is 8.60. The molecule has 1 atom stereocenters. The Morgan fingerprint density at radius 3 is 2.61 bits per heavy atom. The maximum Gasteiger partial charge on any atom is 0.414 e. The van der Waals surface area contributed by atoms with Crippen molar-refractivity contribution in [3.63, 3.8) is 0 Å². The number of methoxy groups -OCH3 is 1. The van der Waals surface area contributed by atoms with Gasteiger partial charge in [-0.05, 0) is 31.0 Å². The molecule has 0 aromatic heterocycles. The monoisotopic (exact) mass is 389 g/mol. The van der Waals surface area contributed by atoms with E-state index in [9.17, 15) is 0 Å². The molecular formula is C15H20BrNO6. The first-order valence-corrected chi connectivity index (χ1v) is 7.84. The van der Waals surface area contributed by atoms with E-state index in [1.807, 2.05) is 12.1 Å². The van der Waals surface area contributed by atoms with Gasteiger partial charge in [-0.15, -0.1) is 0 Å². The zero-order valence-corrected chi connectivity index (χ0v) is 14.3. The number of aliphatic carboxylic acids is 2. The van der Waals surface area contributed by atoms with Gasteiger partial charge in [-0.3, -0.25) is 0 Å². The van der Waals surface area contributed by atoms with Crippen LogP contribution in [0.25, 0.3) is 0 Å². The van der Waals surface area contributed by atoms with E-state index in [1.54, 1.807) is 7.11 Å². The van der Waals surface area contributed by atoms with Crippen molar-refractivity contribution in [3.05, 3.63) is 28.2 Å². The van der Waals surface area contributed by atoms with Crippen molar-refractivity contribution >= 4 is 27.9 Å². The van der Waals surface area contributed by atoms with Gasteiger partial charge in [0, 0.05) is 29.7 Å². The molecule has 128 valence electrons. The van der Waals surface area contributed by atoms with Crippen LogP contribution in [0.1, 0.15) is 18.4 Å². The number of hydrogen-bond donors (Lipinski definition) is 3. The summed E-state index contributed by atoms with van der Waals surface area (Å²) in [6, 6.07) is 6.05. The van der Waals surface area contributed by atoms with Gasteiger partial charge >= 0.3 is 11.9 Å². The van der Waals surface area contributed by atoms with Crippen molar-refractivity contribution in [1.29, 1.82) is 0 Å². The number of ether oxygens (including phenoxy) is 2. The predicted octanol–water partition coefficient (Wildman–Crippen LogP) is 1.88. The Morgan fingerprint density at radius 2 is 2.09 bits per heavy atom. The summed E-state index contributed by atoms with van der Waals surface area (Å²) < 4.78 is 12.0. The van der Waals surface area contributed by atoms with Crippen LogP contribution in [0.2, 0.25) is 0 Å². The Morgan fingerprint density at radius 1 is 1.39 bits per heavy atom. The van der Waals surface area contributed by atoms with Crippen molar-refractivity contribution in [2.45, 2.75) is 25.5 Å². The number of carboxylic acid groups (broad SMARTS) is 2. The minimum absolute atomic E-state index is 0.383. The number of benzene rings is 1. The molecule has 0 aliphatic carbocycles. The molecule has 1 aliphatic rings. The number of halogens is 1. The van der Waals surface area contributed by atoms with E-state index in [1.165, 1.54) is 18.4 Å². The number of carboxylic acids is 2. The molecule has 8 heteroatoms. The third kappa shape index (κ3) is 7.45. The van der Waals surface area contributed by atoms with Gasteiger partial charge in [-0.2, -0.15) is 0 Å². The summed E-state index contributed by atoms with van der Waals surface area (Å²) in [5.41, 5.74) is 1.17. The summed E-state index contributed by atoms with van der Waals surface area (Å²) in [6.45, 7) is 2.63. The van der Waals surface area contributed by atoms with Crippen LogP contribution in [0.15, 0.2) is 22.7 Å². The van der Waals surface area contributed by atoms with Crippen LogP contribution in [0, 0.1) is 0 Å². The molecule has 1 unspecified atom stereocenters. The molecule has 1 saturated heterocycles. The summed E-state index contributed by atoms with van der Waals surface area (Å²) in [6.07, 6.45) is 2.74. The average Bonchev–Trinajstić information content (AvgIpc) is 3.01. The molecule has 0 amide bonds. The third-order valence-corrected chi connectivity index (χ3v) is 3.63. The summed E-state index contributed by atoms with van der Waals surface area (Å²) >= 11 is 3.48. The lowest BCUT2D eigenvalue weighted by Crippen LogP contribution is -2.25. The Bertz CT molecular complexity index is 519. The lowest BCUT2D eigenvalue weighted by molar-refractivity contribution is -0.159. The van der Waals surface area contributed by atoms with Crippen LogP contribution in [-0.2, 0) is 20.9 Å². The number of nitrogens with one attached hydrogen (secondary N) is 1. The van der Waals surface area contributed by atoms with Gasteiger partial charge in [0.15, 0.2) is 0 Å². The first kappa shape index (κ1) is 19.4. The Hall–Kier alpha value is -1.64. The van der Waals surface area contributed by atoms with Crippen LogP contribution >= 0.6 is 15.9 Å². The normalized spacial score (nSPS) is 16.3. The van der Waals surface area contributed by atoms with Crippen LogP contribution in [0.4, 0.5) is 0 Å². The largest absolute Gasteiger partial charge is 0.496 e. The SMILES string of the molecule is COc1ccc(Br)cc1CNCC1CCCO1.O=C(O)C(=O)O. The smallest absolute Gasteiger partial charge is 0.414 e. The maximum absolute atomic E-state index is 9.10. The summed E-state index contributed by atoms with van der Waals surface area (Å²) in [5.74, 6) is -2.72. The van der Waals surface area contributed by atoms with Crippen LogP contribution in [0.5, 0.6) is 5.75 Å². The highest BCUT2D eigenvalue weighted by Gasteiger charge is 2.14. The van der Waals surface area contributed by atoms with Crippen molar-refractivity contribution in [1.82, 2.24) is 5.32 Å². The van der Waals surface area contributed by atoms with Crippen LogP contribution in [-0.4, -0.2) is 48.5 Å². The molecule has 1 aromatic rings. The first-order chi connectivity index (χ1) is 10.9. The van der Waals surface area contributed by atoms with Gasteiger partial charge in [0.05, 0.1) is 13.2 Å². The van der Waals surface area contributed by atoms with E-state index < -0.39 is 11.9 Å². The van der Waals surface area contributed by atoms with Gasteiger partial charge in [0.25, 0.3) is 0 Å². The number of hydrogen-bond acceptors (Lipinski definition) is 5. The lowest BCUT2D eigenvalue weighted by Gasteiger charge is -2.13. The Balaban J connectivity index is 0.000000379. The fourth-order valence-corrected chi connectivity index (χ4v) is 2.47. The van der Waals surface area contributed by atoms with E-state index in [4.69, 9.17) is 29.3 Å². The van der Waals surface area contributed by atoms with Gasteiger partial charge in [-0.25, -0.2) is 9.59 Å². The molecule has 1 aromatic carbocycles. The fourth-order valence-electron chi connectivity index (χ4n) is 2.06. The zero-order valence-electron chi connectivity index (χ0n) is 12.8. The average molecular weight is 390 g/mol. The van der Waals surface area contributed by atoms with E-state index in [0.29, 0.717) is 6.10 Å². The topological polar surface area (TPSA) is 105 Å². The number of rotatable bonds is 5. The molecule has 0 radical (unpaired) electrons. The highest BCUT2D eigenvalue weighted by atomic mass is 79.9. The molecule has 23 heavy (non-hydrogen) atoms. The second-order valence-corrected chi connectivity index (χ2v) is 5.75. The Labute approximate surface area is 142 Å². The minimum atomic E-state index is -1.82. The molecule has 3 N–H and O–H groups in total. The summed E-state index contributed by atoms with van der Waals surface area (Å²) in [5, 5.41) is 18.2. The van der Waals surface area contributed by atoms with Gasteiger partial charge < -0.3 is 25.0 Å². The predicted molar refractivity (Wildman–Crippen MR) is 86.6 cm³/mol. The van der Waals surface area contributed by atoms with Gasteiger partial charge in [-0.1, -0.05) is 15.9 Å². The highest BCUT2D eigenvalue weighted by Crippen LogP contribution is 2.22. The molecule has 0 saturated carbocycles. The van der Waals surface area contributed by atoms with Gasteiger partial charge in [0.1, 0.15) is 5.75 Å². The van der Waals surface area contributed by atoms with E-state index >= 15 is 0 Å². The number of carbonyl (C=O) groups is 2. The molecule has 1 heterocycles. The van der Waals surface area contributed by atoms with Crippen molar-refractivity contribution in [3.8, 4) is 5.75 Å². The molecule has 7 nitrogen and oxygen atoms in total. The third-order valence-electron chi connectivity index (χ3n) is 3.14. The first-order valence-electron chi connectivity index (χ1n) is 7.05. The van der Waals surface area contributed by atoms with E-state index in [-0.39, 0.29) is 0 Å². The van der Waals surface area contributed by atoms with Gasteiger partial charge in [0.2, 0.25) is 0 Å². The van der Waals surface area contributed by atoms with E-state index in [2.05, 4.69) is 27.3 Å². The summed E-state index contributed by atoms with van der Waals surface area (Å²) in [7, 11) is 1.70. The molecule has 0 spiro atoms. The van der Waals surface area contributed by atoms with Crippen molar-refractivity contribution < 1.29 is 29.3 Å². The maximum atomic E-state index is 9.10. The van der Waals surface area contributed by atoms with Crippen molar-refractivity contribution in [2.75, 3.05) is 20.3 Å². The summed E-state index contributed by atoms with van der Waals surface area (Å²) in [4.78, 5) is 18.2. The molecule has 1 aliphatic heterocycles. The molecule has 0 bridgehead atoms. The molecule has 1 fully saturated rings. The minimum Gasteiger partial charge on any atom is -0.496 e. The van der Waals surface area contributed by atoms with Crippen LogP contribution in [0.3, 0.4) is 0 Å². The molecule has 2 rings (SSSR count). The van der Waals surface area contributed by atoms with Crippen molar-refractivity contribution in [2.24, 2.45) is 0 Å². The second kappa shape index (κ2) is 10.2. The second-order valence-electron chi connectivity index (χ2n) is 4.83. The fraction of sp³-hybridized carbons (Fsp3) is 0.467. The van der Waals surface area contributed by atoms with E-state index in [0.717, 1.165) is 29.9 Å². The lowest BCUT2D eigenvalue weighted by atomic mass is 10.2. The molecular weight excluding hydrogens is 370 g/mol. The standard InChI is InChI=1S/C13H18BrNO2.C2H2O4/c1-16-13-5-4-11(14)7-10(13)8-15-9-12-3-2-6-17-12;3-1(4)2(5)6/h4-5,7,12,15H,2-3,6,8-9H2,1H3;(H,3,4)(H,5,6). The zero-order chi connectivity index (χ0) is 17.2. The highest BCUT2D eigenvalue weighted by molar-refractivity contribution is 9.10. The quantitative estimate of drug-likeness (QED) is 0.660.